The van der Waals surface area contributed by atoms with Crippen LogP contribution in [0.4, 0.5) is 0 Å². The molecule has 1 saturated carbocycles. The number of benzene rings is 1. The molecule has 0 aliphatic heterocycles. The van der Waals surface area contributed by atoms with Crippen LogP contribution in [-0.4, -0.2) is 21.3 Å². The molecule has 0 atom stereocenters. The maximum absolute atomic E-state index is 9.19. The van der Waals surface area contributed by atoms with Crippen LogP contribution < -0.4 is 5.32 Å². The molecule has 1 heterocycles. The van der Waals surface area contributed by atoms with Gasteiger partial charge in [0, 0.05) is 11.6 Å². The van der Waals surface area contributed by atoms with E-state index in [0.717, 1.165) is 5.56 Å². The molecule has 3 rings (SSSR count). The molecule has 0 spiro atoms. The molecule has 17 heavy (non-hydrogen) atoms. The van der Waals surface area contributed by atoms with Crippen molar-refractivity contribution in [2.75, 3.05) is 0 Å². The smallest absolute Gasteiger partial charge is 0.240 e. The van der Waals surface area contributed by atoms with Crippen molar-refractivity contribution in [2.45, 2.75) is 25.4 Å². The Morgan fingerprint density at radius 3 is 2.76 bits per heavy atom. The van der Waals surface area contributed by atoms with Gasteiger partial charge in [-0.05, 0) is 37.1 Å². The molecule has 0 unspecified atom stereocenters. The van der Waals surface area contributed by atoms with Crippen LogP contribution in [0.25, 0.3) is 11.4 Å². The number of hydrogen-bond acceptors (Lipinski definition) is 5. The number of rotatable bonds is 4. The number of phenolic OH excluding ortho intramolecular Hbond substituents is 1. The predicted molar refractivity (Wildman–Crippen MR) is 61.3 cm³/mol. The second kappa shape index (κ2) is 4.18. The summed E-state index contributed by atoms with van der Waals surface area (Å²) in [6.45, 7) is 0.621. The topological polar surface area (TPSA) is 71.2 Å². The first-order chi connectivity index (χ1) is 8.31. The van der Waals surface area contributed by atoms with Gasteiger partial charge in [-0.1, -0.05) is 5.16 Å². The summed E-state index contributed by atoms with van der Waals surface area (Å²) in [6.07, 6.45) is 2.47. The molecular formula is C12H13N3O2. The lowest BCUT2D eigenvalue weighted by atomic mass is 10.2. The van der Waals surface area contributed by atoms with Crippen LogP contribution in [0.3, 0.4) is 0 Å². The molecule has 1 aliphatic carbocycles. The maximum Gasteiger partial charge on any atom is 0.240 e. The summed E-state index contributed by atoms with van der Waals surface area (Å²) in [6, 6.07) is 7.36. The molecule has 2 aromatic rings. The Hall–Kier alpha value is -1.88. The molecule has 0 saturated heterocycles. The number of nitrogens with one attached hydrogen (secondary N) is 1. The molecular weight excluding hydrogens is 218 g/mol. The standard InChI is InChI=1S/C12H13N3O2/c16-10-5-1-8(2-6-10)12-14-11(17-15-12)7-13-9-3-4-9/h1-2,5-6,9,13,16H,3-4,7H2. The quantitative estimate of drug-likeness (QED) is 0.837. The normalized spacial score (nSPS) is 15.1. The third-order valence-corrected chi connectivity index (χ3v) is 2.71. The summed E-state index contributed by atoms with van der Waals surface area (Å²) in [7, 11) is 0. The average molecular weight is 231 g/mol. The van der Waals surface area contributed by atoms with Gasteiger partial charge in [-0.15, -0.1) is 0 Å². The van der Waals surface area contributed by atoms with Crippen molar-refractivity contribution < 1.29 is 9.63 Å². The first kappa shape index (κ1) is 10.3. The third-order valence-electron chi connectivity index (χ3n) is 2.71. The van der Waals surface area contributed by atoms with E-state index >= 15 is 0 Å². The molecule has 0 amide bonds. The predicted octanol–water partition coefficient (Wildman–Crippen LogP) is 1.69. The zero-order valence-corrected chi connectivity index (χ0v) is 9.26. The van der Waals surface area contributed by atoms with E-state index in [1.54, 1.807) is 24.3 Å². The second-order valence-corrected chi connectivity index (χ2v) is 4.21. The van der Waals surface area contributed by atoms with Crippen molar-refractivity contribution in [1.29, 1.82) is 0 Å². The summed E-state index contributed by atoms with van der Waals surface area (Å²) >= 11 is 0. The Bertz CT molecular complexity index is 503. The highest BCUT2D eigenvalue weighted by atomic mass is 16.5. The van der Waals surface area contributed by atoms with Crippen molar-refractivity contribution in [3.05, 3.63) is 30.2 Å². The van der Waals surface area contributed by atoms with E-state index in [9.17, 15) is 5.11 Å². The molecule has 1 aromatic heterocycles. The van der Waals surface area contributed by atoms with E-state index in [0.29, 0.717) is 24.3 Å². The van der Waals surface area contributed by atoms with E-state index in [1.807, 2.05) is 0 Å². The summed E-state index contributed by atoms with van der Waals surface area (Å²) in [4.78, 5) is 4.29. The molecule has 5 heteroatoms. The van der Waals surface area contributed by atoms with Gasteiger partial charge in [-0.3, -0.25) is 0 Å². The van der Waals surface area contributed by atoms with Gasteiger partial charge in [-0.25, -0.2) is 0 Å². The Balaban J connectivity index is 1.72. The Labute approximate surface area is 98.5 Å². The van der Waals surface area contributed by atoms with Gasteiger partial charge in [0.15, 0.2) is 0 Å². The molecule has 5 nitrogen and oxygen atoms in total. The minimum absolute atomic E-state index is 0.230. The molecule has 0 radical (unpaired) electrons. The minimum Gasteiger partial charge on any atom is -0.508 e. The summed E-state index contributed by atoms with van der Waals surface area (Å²) in [5.41, 5.74) is 0.837. The number of nitrogens with zero attached hydrogens (tertiary/aromatic N) is 2. The van der Waals surface area contributed by atoms with Crippen LogP contribution >= 0.6 is 0 Å². The lowest BCUT2D eigenvalue weighted by Gasteiger charge is -1.95. The number of phenols is 1. The third kappa shape index (κ3) is 2.45. The number of aromatic hydroxyl groups is 1. The van der Waals surface area contributed by atoms with E-state index in [4.69, 9.17) is 4.52 Å². The molecule has 1 fully saturated rings. The van der Waals surface area contributed by atoms with Crippen LogP contribution in [0.15, 0.2) is 28.8 Å². The summed E-state index contributed by atoms with van der Waals surface area (Å²) < 4.78 is 5.14. The van der Waals surface area contributed by atoms with Gasteiger partial charge < -0.3 is 14.9 Å². The van der Waals surface area contributed by atoms with Crippen LogP contribution in [0, 0.1) is 0 Å². The summed E-state index contributed by atoms with van der Waals surface area (Å²) in [5, 5.41) is 16.4. The Morgan fingerprint density at radius 1 is 1.29 bits per heavy atom. The average Bonchev–Trinajstić information content (AvgIpc) is 3.06. The highest BCUT2D eigenvalue weighted by Gasteiger charge is 2.21. The van der Waals surface area contributed by atoms with Crippen molar-refractivity contribution >= 4 is 0 Å². The van der Waals surface area contributed by atoms with Crippen LogP contribution in [0.2, 0.25) is 0 Å². The zero-order valence-electron chi connectivity index (χ0n) is 9.26. The first-order valence-electron chi connectivity index (χ1n) is 5.66. The fraction of sp³-hybridized carbons (Fsp3) is 0.333. The Morgan fingerprint density at radius 2 is 2.06 bits per heavy atom. The van der Waals surface area contributed by atoms with Crippen LogP contribution in [-0.2, 0) is 6.54 Å². The van der Waals surface area contributed by atoms with Crippen molar-refractivity contribution in [3.63, 3.8) is 0 Å². The van der Waals surface area contributed by atoms with Gasteiger partial charge in [0.1, 0.15) is 5.75 Å². The molecule has 1 aliphatic rings. The fourth-order valence-electron chi connectivity index (χ4n) is 1.57. The van der Waals surface area contributed by atoms with E-state index in [-0.39, 0.29) is 5.75 Å². The monoisotopic (exact) mass is 231 g/mol. The highest BCUT2D eigenvalue weighted by molar-refractivity contribution is 5.55. The lowest BCUT2D eigenvalue weighted by molar-refractivity contribution is 0.367. The van der Waals surface area contributed by atoms with E-state index < -0.39 is 0 Å². The maximum atomic E-state index is 9.19. The number of hydrogen-bond donors (Lipinski definition) is 2. The van der Waals surface area contributed by atoms with Crippen molar-refractivity contribution in [2.24, 2.45) is 0 Å². The summed E-state index contributed by atoms with van der Waals surface area (Å²) in [5.74, 6) is 1.38. The molecule has 88 valence electrons. The van der Waals surface area contributed by atoms with Gasteiger partial charge in [0.2, 0.25) is 11.7 Å². The van der Waals surface area contributed by atoms with E-state index in [2.05, 4.69) is 15.5 Å². The second-order valence-electron chi connectivity index (χ2n) is 4.21. The lowest BCUT2D eigenvalue weighted by Crippen LogP contribution is -2.15. The van der Waals surface area contributed by atoms with Gasteiger partial charge in [-0.2, -0.15) is 4.98 Å². The highest BCUT2D eigenvalue weighted by Crippen LogP contribution is 2.21. The van der Waals surface area contributed by atoms with Gasteiger partial charge >= 0.3 is 0 Å². The Kier molecular flexibility index (Phi) is 2.53. The number of aromatic nitrogens is 2. The molecule has 0 bridgehead atoms. The van der Waals surface area contributed by atoms with Crippen LogP contribution in [0.5, 0.6) is 5.75 Å². The largest absolute Gasteiger partial charge is 0.508 e. The van der Waals surface area contributed by atoms with Crippen LogP contribution in [0.1, 0.15) is 18.7 Å². The first-order valence-corrected chi connectivity index (χ1v) is 5.66. The SMILES string of the molecule is Oc1ccc(-c2noc(CNC3CC3)n2)cc1. The van der Waals surface area contributed by atoms with Gasteiger partial charge in [0.25, 0.3) is 0 Å². The van der Waals surface area contributed by atoms with Crippen molar-refractivity contribution in [3.8, 4) is 17.1 Å². The van der Waals surface area contributed by atoms with Gasteiger partial charge in [0.05, 0.1) is 6.54 Å². The fourth-order valence-corrected chi connectivity index (χ4v) is 1.57. The van der Waals surface area contributed by atoms with Crippen molar-refractivity contribution in [1.82, 2.24) is 15.5 Å². The minimum atomic E-state index is 0.230. The molecule has 1 aromatic carbocycles. The zero-order chi connectivity index (χ0) is 11.7. The van der Waals surface area contributed by atoms with E-state index in [1.165, 1.54) is 12.8 Å². The molecule has 2 N–H and O–H groups in total.